The molecule has 0 radical (unpaired) electrons. The van der Waals surface area contributed by atoms with Crippen LogP contribution in [0.4, 0.5) is 5.69 Å². The smallest absolute Gasteiger partial charge is 0.262 e. The zero-order valence-electron chi connectivity index (χ0n) is 15.1. The monoisotopic (exact) mass is 401 g/mol. The lowest BCUT2D eigenvalue weighted by molar-refractivity contribution is -0.113. The Bertz CT molecular complexity index is 1070. The molecule has 4 rings (SSSR count). The Labute approximate surface area is 164 Å². The summed E-state index contributed by atoms with van der Waals surface area (Å²) in [6.07, 6.45) is 3.11. The van der Waals surface area contributed by atoms with Gasteiger partial charge in [-0.2, -0.15) is 0 Å². The molecular weight excluding hydrogens is 382 g/mol. The van der Waals surface area contributed by atoms with E-state index in [1.54, 1.807) is 54.3 Å². The van der Waals surface area contributed by atoms with Gasteiger partial charge >= 0.3 is 0 Å². The van der Waals surface area contributed by atoms with Gasteiger partial charge in [-0.05, 0) is 49.1 Å². The fraction of sp³-hybridized carbons (Fsp3) is 0.316. The van der Waals surface area contributed by atoms with Gasteiger partial charge < -0.3 is 10.1 Å². The molecular formula is C19H19N3O3S2. The van der Waals surface area contributed by atoms with Gasteiger partial charge in [-0.15, -0.1) is 11.3 Å². The number of thioether (sulfide) groups is 1. The predicted octanol–water partition coefficient (Wildman–Crippen LogP) is 3.22. The molecule has 1 aliphatic carbocycles. The van der Waals surface area contributed by atoms with E-state index in [-0.39, 0.29) is 17.2 Å². The first-order valence-corrected chi connectivity index (χ1v) is 10.4. The number of nitrogens with zero attached hydrogens (tertiary/aromatic N) is 2. The van der Waals surface area contributed by atoms with E-state index >= 15 is 0 Å². The lowest BCUT2D eigenvalue weighted by Gasteiger charge is -2.08. The summed E-state index contributed by atoms with van der Waals surface area (Å²) >= 11 is 2.89. The number of amides is 1. The SMILES string of the molecule is COc1ccc(NC(=O)CSc2nc3sc4c(c3c(=O)n2C)CCC4)cc1. The van der Waals surface area contributed by atoms with Crippen LogP contribution in [-0.4, -0.2) is 28.3 Å². The van der Waals surface area contributed by atoms with Crippen molar-refractivity contribution in [2.75, 3.05) is 18.2 Å². The molecule has 2 aromatic heterocycles. The molecule has 0 saturated heterocycles. The maximum Gasteiger partial charge on any atom is 0.262 e. The van der Waals surface area contributed by atoms with Gasteiger partial charge in [0, 0.05) is 17.6 Å². The lowest BCUT2D eigenvalue weighted by atomic mass is 10.2. The van der Waals surface area contributed by atoms with Crippen molar-refractivity contribution in [3.63, 3.8) is 0 Å². The summed E-state index contributed by atoms with van der Waals surface area (Å²) < 4.78 is 6.66. The number of nitrogens with one attached hydrogen (secondary N) is 1. The summed E-state index contributed by atoms with van der Waals surface area (Å²) in [6.45, 7) is 0. The number of methoxy groups -OCH3 is 1. The molecule has 1 N–H and O–H groups in total. The molecule has 27 heavy (non-hydrogen) atoms. The van der Waals surface area contributed by atoms with E-state index in [9.17, 15) is 9.59 Å². The minimum absolute atomic E-state index is 0.0162. The standard InChI is InChI=1S/C19H19N3O3S2/c1-22-18(24)16-13-4-3-5-14(13)27-17(16)21-19(22)26-10-15(23)20-11-6-8-12(25-2)9-7-11/h6-9H,3-5,10H2,1-2H3,(H,20,23). The molecule has 3 aromatic rings. The van der Waals surface area contributed by atoms with Crippen molar-refractivity contribution in [3.8, 4) is 5.75 Å². The Morgan fingerprint density at radius 3 is 2.85 bits per heavy atom. The molecule has 1 aromatic carbocycles. The molecule has 0 fully saturated rings. The zero-order valence-corrected chi connectivity index (χ0v) is 16.7. The highest BCUT2D eigenvalue weighted by atomic mass is 32.2. The fourth-order valence-corrected chi connectivity index (χ4v) is 5.31. The summed E-state index contributed by atoms with van der Waals surface area (Å²) in [5.41, 5.74) is 1.86. The fourth-order valence-electron chi connectivity index (χ4n) is 3.24. The first-order valence-electron chi connectivity index (χ1n) is 8.65. The topological polar surface area (TPSA) is 73.2 Å². The van der Waals surface area contributed by atoms with Crippen LogP contribution in [0.5, 0.6) is 5.75 Å². The number of hydrogen-bond acceptors (Lipinski definition) is 6. The third kappa shape index (κ3) is 3.46. The van der Waals surface area contributed by atoms with Crippen LogP contribution in [0.2, 0.25) is 0 Å². The quantitative estimate of drug-likeness (QED) is 0.525. The van der Waals surface area contributed by atoms with E-state index in [1.807, 2.05) is 0 Å². The number of carbonyl (C=O) groups excluding carboxylic acids is 1. The van der Waals surface area contributed by atoms with Crippen molar-refractivity contribution >= 4 is 44.9 Å². The van der Waals surface area contributed by atoms with Gasteiger partial charge in [0.1, 0.15) is 10.6 Å². The molecule has 6 nitrogen and oxygen atoms in total. The van der Waals surface area contributed by atoms with Gasteiger partial charge in [0.05, 0.1) is 18.2 Å². The van der Waals surface area contributed by atoms with Gasteiger partial charge in [0.15, 0.2) is 5.16 Å². The molecule has 0 aliphatic heterocycles. The van der Waals surface area contributed by atoms with Crippen molar-refractivity contribution in [2.45, 2.75) is 24.4 Å². The van der Waals surface area contributed by atoms with Crippen molar-refractivity contribution in [3.05, 3.63) is 45.1 Å². The van der Waals surface area contributed by atoms with Gasteiger partial charge in [-0.1, -0.05) is 11.8 Å². The van der Waals surface area contributed by atoms with Crippen LogP contribution in [0, 0.1) is 0 Å². The van der Waals surface area contributed by atoms with E-state index in [0.717, 1.165) is 35.2 Å². The molecule has 1 aliphatic rings. The summed E-state index contributed by atoms with van der Waals surface area (Å²) in [5.74, 6) is 0.772. The van der Waals surface area contributed by atoms with Crippen molar-refractivity contribution in [2.24, 2.45) is 7.05 Å². The minimum atomic E-state index is -0.145. The first-order chi connectivity index (χ1) is 13.1. The maximum absolute atomic E-state index is 12.8. The van der Waals surface area contributed by atoms with E-state index in [4.69, 9.17) is 4.74 Å². The van der Waals surface area contributed by atoms with Crippen molar-refractivity contribution in [1.82, 2.24) is 9.55 Å². The highest BCUT2D eigenvalue weighted by Gasteiger charge is 2.22. The normalized spacial score (nSPS) is 13.0. The predicted molar refractivity (Wildman–Crippen MR) is 109 cm³/mol. The van der Waals surface area contributed by atoms with Crippen LogP contribution in [0.15, 0.2) is 34.2 Å². The summed E-state index contributed by atoms with van der Waals surface area (Å²) in [4.78, 5) is 31.7. The molecule has 0 saturated carbocycles. The summed E-state index contributed by atoms with van der Waals surface area (Å²) in [7, 11) is 3.32. The molecule has 0 unspecified atom stereocenters. The molecule has 0 spiro atoms. The Balaban J connectivity index is 1.49. The maximum atomic E-state index is 12.8. The van der Waals surface area contributed by atoms with Crippen molar-refractivity contribution in [1.29, 1.82) is 0 Å². The van der Waals surface area contributed by atoms with E-state index in [1.165, 1.54) is 22.2 Å². The Kier molecular flexibility index (Phi) is 4.92. The molecule has 0 bridgehead atoms. The van der Waals surface area contributed by atoms with E-state index in [0.29, 0.717) is 10.8 Å². The number of aromatic nitrogens is 2. The van der Waals surface area contributed by atoms with Crippen LogP contribution in [-0.2, 0) is 24.7 Å². The highest BCUT2D eigenvalue weighted by Crippen LogP contribution is 2.35. The van der Waals surface area contributed by atoms with Crippen LogP contribution >= 0.6 is 23.1 Å². The highest BCUT2D eigenvalue weighted by molar-refractivity contribution is 7.99. The average molecular weight is 402 g/mol. The second-order valence-electron chi connectivity index (χ2n) is 6.36. The van der Waals surface area contributed by atoms with Gasteiger partial charge in [-0.25, -0.2) is 4.98 Å². The van der Waals surface area contributed by atoms with Gasteiger partial charge in [0.25, 0.3) is 5.56 Å². The number of anilines is 1. The Morgan fingerprint density at radius 1 is 1.33 bits per heavy atom. The van der Waals surface area contributed by atoms with E-state index in [2.05, 4.69) is 10.3 Å². The summed E-state index contributed by atoms with van der Waals surface area (Å²) in [5, 5.41) is 4.17. The van der Waals surface area contributed by atoms with Gasteiger partial charge in [-0.3, -0.25) is 14.2 Å². The second-order valence-corrected chi connectivity index (χ2v) is 8.39. The first kappa shape index (κ1) is 18.1. The molecule has 140 valence electrons. The molecule has 2 heterocycles. The number of aryl methyl sites for hydroxylation is 2. The molecule has 0 atom stereocenters. The third-order valence-corrected chi connectivity index (χ3v) is 6.83. The van der Waals surface area contributed by atoms with Crippen LogP contribution in [0.1, 0.15) is 16.9 Å². The number of thiophene rings is 1. The number of hydrogen-bond donors (Lipinski definition) is 1. The largest absolute Gasteiger partial charge is 0.497 e. The van der Waals surface area contributed by atoms with Crippen molar-refractivity contribution < 1.29 is 9.53 Å². The average Bonchev–Trinajstić information content (AvgIpc) is 3.25. The number of carbonyl (C=O) groups is 1. The lowest BCUT2D eigenvalue weighted by Crippen LogP contribution is -2.21. The van der Waals surface area contributed by atoms with Crippen LogP contribution in [0.25, 0.3) is 10.2 Å². The van der Waals surface area contributed by atoms with Gasteiger partial charge in [0.2, 0.25) is 5.91 Å². The Morgan fingerprint density at radius 2 is 2.11 bits per heavy atom. The van der Waals surface area contributed by atoms with Crippen LogP contribution in [0.3, 0.4) is 0 Å². The number of fused-ring (bicyclic) bond motifs is 3. The van der Waals surface area contributed by atoms with E-state index < -0.39 is 0 Å². The number of benzene rings is 1. The molecule has 1 amide bonds. The minimum Gasteiger partial charge on any atom is -0.497 e. The van der Waals surface area contributed by atoms with Crippen LogP contribution < -0.4 is 15.6 Å². The number of ether oxygens (including phenoxy) is 1. The summed E-state index contributed by atoms with van der Waals surface area (Å²) in [6, 6.07) is 7.15. The number of rotatable bonds is 5. The zero-order chi connectivity index (χ0) is 19.0. The second kappa shape index (κ2) is 7.36. The Hall–Kier alpha value is -2.32. The molecule has 8 heteroatoms. The third-order valence-electron chi connectivity index (χ3n) is 4.61.